The Bertz CT molecular complexity index is 2880. The summed E-state index contributed by atoms with van der Waals surface area (Å²) in [7, 11) is 0. The van der Waals surface area contributed by atoms with Crippen LogP contribution in [0.1, 0.15) is 98.8 Å². The number of rotatable bonds is 26. The average Bonchev–Trinajstić information content (AvgIpc) is 1.42. The van der Waals surface area contributed by atoms with Gasteiger partial charge in [0.1, 0.15) is 165 Å². The summed E-state index contributed by atoms with van der Waals surface area (Å²) < 4.78 is 81.2. The van der Waals surface area contributed by atoms with Crippen molar-refractivity contribution in [2.45, 2.75) is 320 Å². The molecule has 7 saturated heterocycles. The zero-order valence-electron chi connectivity index (χ0n) is 60.8. The van der Waals surface area contributed by atoms with Gasteiger partial charge in [0.2, 0.25) is 6.29 Å². The van der Waals surface area contributed by atoms with Gasteiger partial charge in [0.25, 0.3) is 0 Å². The number of carbonyl (C=O) groups is 1. The van der Waals surface area contributed by atoms with Gasteiger partial charge in [-0.1, -0.05) is 52.7 Å². The van der Waals surface area contributed by atoms with Crippen LogP contribution >= 0.6 is 0 Å². The molecule has 0 unspecified atom stereocenters. The molecule has 3 saturated carbocycles. The Labute approximate surface area is 622 Å². The maximum absolute atomic E-state index is 14.6. The number of carbonyl (C=O) groups excluding carboxylic acids is 1. The third-order valence-electron chi connectivity index (χ3n) is 25.9. The molecule has 38 heteroatoms. The van der Waals surface area contributed by atoms with Gasteiger partial charge in [0.05, 0.1) is 58.3 Å². The maximum Gasteiger partial charge on any atom is 0.311 e. The topological polar surface area (TPSA) is 612 Å². The monoisotopic (exact) mass is 1560 g/mol. The van der Waals surface area contributed by atoms with Crippen LogP contribution in [0.25, 0.3) is 0 Å². The number of aliphatic hydroxyl groups excluding tert-OH is 23. The molecule has 624 valence electrons. The zero-order valence-corrected chi connectivity index (χ0v) is 60.8. The first-order valence-electron chi connectivity index (χ1n) is 37.8. The SMILES string of the molecule is C[C@H](CC[C@@H](C)[C@H]1CC[C@H]2[C@@H]3CC=C4C[C@@H](O[C@@H]5O[C@H](CO)[C@@H](O)[C@H](O)[C@H]5O)CC[C@]4(C)[C@H]3CC[C@]12C)[C@H](C)C(=O)O[C@@H]1O[C@H](CO[C@@H]2O[C@H](CO)[C@@H](O[C@@H]3O[C@H](CO)[C@@H](O)[C@H](O)[C@H]3O)[C@@H](O)[C@H]2O)[C@@H](O)[C@H](O)[C@H]1O[C@@H]1O[C@H](CO)[C@@H](O[C@@H]2O[C@H](CO)[C@@H](O[C@@H]3O[C@H](CO)[C@@H](O)[C@H](O)[C@H]3O)[C@H](O)[C@H]2O)[C@H](O)[C@H]1O. The predicted octanol–water partition coefficient (Wildman–Crippen LogP) is -9.10. The average molecular weight is 1570 g/mol. The van der Waals surface area contributed by atoms with E-state index in [0.717, 1.165) is 44.9 Å². The molecule has 0 radical (unpaired) electrons. The lowest BCUT2D eigenvalue weighted by Crippen LogP contribution is -2.67. The first-order chi connectivity index (χ1) is 51.2. The van der Waals surface area contributed by atoms with Crippen LogP contribution in [0.4, 0.5) is 0 Å². The molecule has 0 aromatic rings. The highest BCUT2D eigenvalue weighted by atomic mass is 16.8. The van der Waals surface area contributed by atoms with Gasteiger partial charge in [-0.25, -0.2) is 0 Å². The van der Waals surface area contributed by atoms with Crippen molar-refractivity contribution in [3.05, 3.63) is 11.6 Å². The molecule has 4 aliphatic carbocycles. The van der Waals surface area contributed by atoms with Crippen molar-refractivity contribution < 1.29 is 189 Å². The Kier molecular flexibility index (Phi) is 29.0. The first kappa shape index (κ1) is 86.6. The van der Waals surface area contributed by atoms with E-state index in [1.807, 2.05) is 6.92 Å². The van der Waals surface area contributed by atoms with Gasteiger partial charge < -0.3 is 184 Å². The molecule has 11 aliphatic rings. The third-order valence-corrected chi connectivity index (χ3v) is 25.9. The smallest absolute Gasteiger partial charge is 0.311 e. The van der Waals surface area contributed by atoms with Gasteiger partial charge in [-0.05, 0) is 104 Å². The van der Waals surface area contributed by atoms with Crippen molar-refractivity contribution in [1.82, 2.24) is 0 Å². The molecule has 7 heterocycles. The van der Waals surface area contributed by atoms with Gasteiger partial charge in [0, 0.05) is 0 Å². The van der Waals surface area contributed by atoms with Crippen LogP contribution in [0.2, 0.25) is 0 Å². The van der Waals surface area contributed by atoms with Crippen molar-refractivity contribution in [2.75, 3.05) is 46.2 Å². The molecule has 0 bridgehead atoms. The molecule has 7 aliphatic heterocycles. The molecule has 45 atom stereocenters. The Balaban J connectivity index is 0.745. The second-order valence-corrected chi connectivity index (χ2v) is 32.2. The fraction of sp³-hybridized carbons (Fsp3) is 0.957. The predicted molar refractivity (Wildman–Crippen MR) is 354 cm³/mol. The molecule has 108 heavy (non-hydrogen) atoms. The molecule has 11 rings (SSSR count). The fourth-order valence-corrected chi connectivity index (χ4v) is 19.0. The van der Waals surface area contributed by atoms with E-state index in [0.29, 0.717) is 42.9 Å². The Morgan fingerprint density at radius 3 is 1.27 bits per heavy atom. The summed E-state index contributed by atoms with van der Waals surface area (Å²) in [5.41, 5.74) is 1.25. The zero-order chi connectivity index (χ0) is 78.6. The minimum absolute atomic E-state index is 0.0234. The van der Waals surface area contributed by atoms with E-state index in [1.165, 1.54) is 5.57 Å². The number of ether oxygens (including phenoxy) is 14. The molecule has 0 amide bonds. The van der Waals surface area contributed by atoms with Gasteiger partial charge in [-0.15, -0.1) is 0 Å². The van der Waals surface area contributed by atoms with Crippen molar-refractivity contribution >= 4 is 5.97 Å². The number of hydrogen-bond acceptors (Lipinski definition) is 38. The highest BCUT2D eigenvalue weighted by Crippen LogP contribution is 2.68. The lowest BCUT2D eigenvalue weighted by molar-refractivity contribution is -0.391. The van der Waals surface area contributed by atoms with E-state index < -0.39 is 273 Å². The normalized spacial score (nSPS) is 51.6. The van der Waals surface area contributed by atoms with Gasteiger partial charge in [0.15, 0.2) is 43.8 Å². The lowest BCUT2D eigenvalue weighted by atomic mass is 9.47. The number of hydrogen-bond donors (Lipinski definition) is 23. The Hall–Kier alpha value is -2.23. The largest absolute Gasteiger partial charge is 0.432 e. The van der Waals surface area contributed by atoms with Crippen LogP contribution in [-0.2, 0) is 71.1 Å². The van der Waals surface area contributed by atoms with Crippen LogP contribution in [0.3, 0.4) is 0 Å². The number of fused-ring (bicyclic) bond motifs is 5. The number of allylic oxidation sites excluding steroid dienone is 1. The summed E-state index contributed by atoms with van der Waals surface area (Å²) >= 11 is 0. The van der Waals surface area contributed by atoms with Crippen LogP contribution in [0, 0.1) is 52.3 Å². The highest BCUT2D eigenvalue weighted by Gasteiger charge is 2.62. The highest BCUT2D eigenvalue weighted by molar-refractivity contribution is 5.72. The number of aliphatic hydroxyl groups is 23. The molecule has 0 spiro atoms. The van der Waals surface area contributed by atoms with Gasteiger partial charge >= 0.3 is 5.97 Å². The number of esters is 1. The van der Waals surface area contributed by atoms with E-state index in [-0.39, 0.29) is 28.8 Å². The Morgan fingerprint density at radius 1 is 0.417 bits per heavy atom. The van der Waals surface area contributed by atoms with E-state index in [2.05, 4.69) is 26.8 Å². The molecule has 10 fully saturated rings. The molecular formula is C70H116O38. The van der Waals surface area contributed by atoms with E-state index in [1.54, 1.807) is 6.92 Å². The van der Waals surface area contributed by atoms with E-state index in [9.17, 15) is 122 Å². The van der Waals surface area contributed by atoms with Crippen LogP contribution in [-0.4, -0.2) is 391 Å². The summed E-state index contributed by atoms with van der Waals surface area (Å²) in [4.78, 5) is 14.6. The Morgan fingerprint density at radius 2 is 0.806 bits per heavy atom. The van der Waals surface area contributed by atoms with E-state index >= 15 is 0 Å². The van der Waals surface area contributed by atoms with Gasteiger partial charge in [-0.3, -0.25) is 4.79 Å². The second kappa shape index (κ2) is 36.1. The molecule has 38 nitrogen and oxygen atoms in total. The second-order valence-electron chi connectivity index (χ2n) is 32.2. The van der Waals surface area contributed by atoms with Crippen LogP contribution in [0.5, 0.6) is 0 Å². The van der Waals surface area contributed by atoms with Crippen molar-refractivity contribution in [1.29, 1.82) is 0 Å². The lowest BCUT2D eigenvalue weighted by Gasteiger charge is -2.58. The maximum atomic E-state index is 14.6. The summed E-state index contributed by atoms with van der Waals surface area (Å²) in [6, 6.07) is 0. The summed E-state index contributed by atoms with van der Waals surface area (Å²) in [6.45, 7) is 4.39. The standard InChI is InChI=1S/C70H116O38/c1-24(6-7-25(2)30-10-11-31-29-9-8-27-16-28(12-14-69(27,4)32(29)13-15-70(30,31)5)96-63-51(88)44(81)40(77)33(17-71)97-63)26(3)61(94)108-68-60(47(84)43(80)39(103-68)23-95-62-54(91)48(85)57(36(20-74)100-62)104-64-52(89)45(82)41(78)34(18-72)98-64)107-67-56(93)50(87)59(38(22-76)102-67)106-66-55(92)49(86)58(37(21-75)101-66)105-65-53(90)46(83)42(79)35(19-73)99-65/h8,24-26,28-60,62-68,71-93H,6-7,9-23H2,1-5H3/t24-,25-,26+,28+,29+,30-,31+,32+,33-,34-,35-,36-,37-,38-,39-,40-,41-,42-,43-,44+,45+,46+,47+,48+,49-,50-,51-,52-,53-,54-,55-,56-,57-,58-,59-,60-,62-,63-,64+,65+,66+,67+,68+,69+,70-/m1/s1. The minimum atomic E-state index is -2.27. The minimum Gasteiger partial charge on any atom is -0.432 e. The van der Waals surface area contributed by atoms with Crippen LogP contribution in [0.15, 0.2) is 11.6 Å². The molecule has 23 N–H and O–H groups in total. The van der Waals surface area contributed by atoms with Crippen molar-refractivity contribution in [2.24, 2.45) is 52.3 Å². The fourth-order valence-electron chi connectivity index (χ4n) is 19.0. The summed E-state index contributed by atoms with van der Waals surface area (Å²) in [5.74, 6) is -0.273. The van der Waals surface area contributed by atoms with Crippen molar-refractivity contribution in [3.8, 4) is 0 Å². The molecule has 0 aromatic carbocycles. The summed E-state index contributed by atoms with van der Waals surface area (Å²) in [6.07, 6.45) is -53.8. The third kappa shape index (κ3) is 17.0. The van der Waals surface area contributed by atoms with Crippen LogP contribution < -0.4 is 0 Å². The molecule has 0 aromatic heterocycles. The van der Waals surface area contributed by atoms with Crippen molar-refractivity contribution in [3.63, 3.8) is 0 Å². The van der Waals surface area contributed by atoms with E-state index in [4.69, 9.17) is 66.3 Å². The quantitative estimate of drug-likeness (QED) is 0.0282. The summed E-state index contributed by atoms with van der Waals surface area (Å²) in [5, 5.41) is 247. The van der Waals surface area contributed by atoms with Gasteiger partial charge in [-0.2, -0.15) is 0 Å². The first-order valence-corrected chi connectivity index (χ1v) is 37.8. The molecular weight excluding hydrogens is 1450 g/mol.